The van der Waals surface area contributed by atoms with E-state index in [0.717, 1.165) is 106 Å². The van der Waals surface area contributed by atoms with Crippen LogP contribution in [-0.4, -0.2) is 39.8 Å². The van der Waals surface area contributed by atoms with Gasteiger partial charge in [0.1, 0.15) is 11.5 Å². The summed E-state index contributed by atoms with van der Waals surface area (Å²) in [4.78, 5) is 16.5. The molecule has 170 valence electrons. The number of aromatic amines is 1. The molecule has 3 aromatic heterocycles. The number of nitrogens with zero attached hydrogens (tertiary/aromatic N) is 4. The van der Waals surface area contributed by atoms with Crippen LogP contribution in [0.15, 0.2) is 34.3 Å². The second-order valence-corrected chi connectivity index (χ2v) is 10.1. The molecule has 0 radical (unpaired) electrons. The van der Waals surface area contributed by atoms with E-state index < -0.39 is 0 Å². The third-order valence-electron chi connectivity index (χ3n) is 6.63. The first kappa shape index (κ1) is 21.0. The molecule has 0 saturated carbocycles. The fraction of sp³-hybridized carbons (Fsp3) is 0.375. The van der Waals surface area contributed by atoms with Crippen molar-refractivity contribution in [2.75, 3.05) is 24.5 Å². The number of benzene rings is 1. The van der Waals surface area contributed by atoms with E-state index in [1.54, 1.807) is 0 Å². The molecule has 0 spiro atoms. The number of aryl methyl sites for hydroxylation is 1. The van der Waals surface area contributed by atoms with Gasteiger partial charge in [0, 0.05) is 53.1 Å². The number of halogens is 1. The molecule has 0 aliphatic carbocycles. The van der Waals surface area contributed by atoms with E-state index in [0.29, 0.717) is 5.16 Å². The molecule has 0 atom stereocenters. The molecule has 2 aliphatic heterocycles. The maximum Gasteiger partial charge on any atom is 0.265 e. The smallest absolute Gasteiger partial charge is 0.265 e. The number of hydrogen-bond acceptors (Lipinski definition) is 6. The van der Waals surface area contributed by atoms with Crippen molar-refractivity contribution >= 4 is 51.1 Å². The highest BCUT2D eigenvalue weighted by atomic mass is 35.5. The Morgan fingerprint density at radius 1 is 1.21 bits per heavy atom. The van der Waals surface area contributed by atoms with Crippen LogP contribution < -0.4 is 14.9 Å². The van der Waals surface area contributed by atoms with Gasteiger partial charge in [0.15, 0.2) is 5.16 Å². The number of rotatable bonds is 4. The van der Waals surface area contributed by atoms with Crippen molar-refractivity contribution in [2.45, 2.75) is 49.2 Å². The Bertz CT molecular complexity index is 1380. The van der Waals surface area contributed by atoms with Crippen molar-refractivity contribution in [2.24, 2.45) is 0 Å². The van der Waals surface area contributed by atoms with Crippen LogP contribution in [0, 0.1) is 0 Å². The number of aromatic nitrogens is 4. The SMILES string of the molecule is CCc1[nH]c2nc(Sc3ccc4cc5c([n+](O)c4c3)CCNC5)nc(N3CCCC3)c2c1Cl. The minimum Gasteiger partial charge on any atom is -0.356 e. The molecule has 7 nitrogen and oxygen atoms in total. The summed E-state index contributed by atoms with van der Waals surface area (Å²) in [7, 11) is 0. The van der Waals surface area contributed by atoms with Gasteiger partial charge in [-0.3, -0.25) is 5.21 Å². The lowest BCUT2D eigenvalue weighted by Gasteiger charge is -2.18. The van der Waals surface area contributed by atoms with Crippen LogP contribution in [0.5, 0.6) is 0 Å². The van der Waals surface area contributed by atoms with Gasteiger partial charge in [0.25, 0.3) is 5.52 Å². The average Bonchev–Trinajstić information content (AvgIpc) is 3.48. The molecule has 0 amide bonds. The van der Waals surface area contributed by atoms with Crippen LogP contribution >= 0.6 is 23.4 Å². The molecule has 6 rings (SSSR count). The Kier molecular flexibility index (Phi) is 5.31. The zero-order valence-electron chi connectivity index (χ0n) is 18.5. The quantitative estimate of drug-likeness (QED) is 0.230. The second-order valence-electron chi connectivity index (χ2n) is 8.70. The first-order valence-corrected chi connectivity index (χ1v) is 12.7. The van der Waals surface area contributed by atoms with Gasteiger partial charge in [-0.1, -0.05) is 18.5 Å². The van der Waals surface area contributed by atoms with Gasteiger partial charge < -0.3 is 15.2 Å². The summed E-state index contributed by atoms with van der Waals surface area (Å²) in [5.74, 6) is 0.917. The minimum atomic E-state index is 0.677. The van der Waals surface area contributed by atoms with Crippen molar-refractivity contribution < 1.29 is 9.94 Å². The predicted octanol–water partition coefficient (Wildman–Crippen LogP) is 4.25. The van der Waals surface area contributed by atoms with Gasteiger partial charge in [-0.2, -0.15) is 0 Å². The largest absolute Gasteiger partial charge is 0.356 e. The van der Waals surface area contributed by atoms with Gasteiger partial charge >= 0.3 is 0 Å². The number of pyridine rings is 1. The van der Waals surface area contributed by atoms with Crippen LogP contribution in [0.2, 0.25) is 5.02 Å². The van der Waals surface area contributed by atoms with E-state index in [2.05, 4.69) is 40.3 Å². The van der Waals surface area contributed by atoms with E-state index in [1.807, 2.05) is 6.07 Å². The van der Waals surface area contributed by atoms with Crippen LogP contribution in [0.25, 0.3) is 21.9 Å². The average molecular weight is 482 g/mol. The molecule has 2 aliphatic rings. The molecule has 0 unspecified atom stereocenters. The fourth-order valence-corrected chi connectivity index (χ4v) is 6.06. The number of H-pyrrole nitrogens is 1. The standard InChI is InChI=1S/C24H26ClN6OS/c1-2-17-21(25)20-22(27-17)28-24(29-23(20)30-9-3-4-10-30)33-16-6-5-14-11-15-13-26-8-7-18(15)31(32)19(14)12-16/h5-6,11-12,26,32H,2-4,7-10,13H2,1H3,(H,27,28,29)/q+1. The summed E-state index contributed by atoms with van der Waals surface area (Å²) in [6.45, 7) is 5.72. The van der Waals surface area contributed by atoms with Crippen molar-refractivity contribution in [3.8, 4) is 0 Å². The molecule has 1 aromatic carbocycles. The molecule has 33 heavy (non-hydrogen) atoms. The highest BCUT2D eigenvalue weighted by molar-refractivity contribution is 7.99. The number of anilines is 1. The molecular weight excluding hydrogens is 456 g/mol. The van der Waals surface area contributed by atoms with Gasteiger partial charge in [-0.05, 0) is 49.2 Å². The maximum atomic E-state index is 10.9. The summed E-state index contributed by atoms with van der Waals surface area (Å²) in [6.07, 6.45) is 3.96. The van der Waals surface area contributed by atoms with Crippen LogP contribution in [0.1, 0.15) is 36.7 Å². The van der Waals surface area contributed by atoms with E-state index in [4.69, 9.17) is 21.6 Å². The van der Waals surface area contributed by atoms with E-state index >= 15 is 0 Å². The van der Waals surface area contributed by atoms with Crippen molar-refractivity contribution in [3.05, 3.63) is 46.2 Å². The molecule has 1 saturated heterocycles. The lowest BCUT2D eigenvalue weighted by Crippen LogP contribution is -2.42. The molecule has 3 N–H and O–H groups in total. The molecular formula is C24H26ClN6OS+. The highest BCUT2D eigenvalue weighted by Crippen LogP contribution is 2.38. The Balaban J connectivity index is 1.43. The first-order valence-electron chi connectivity index (χ1n) is 11.5. The summed E-state index contributed by atoms with van der Waals surface area (Å²) in [6, 6.07) is 8.31. The van der Waals surface area contributed by atoms with Gasteiger partial charge in [-0.15, -0.1) is 0 Å². The Morgan fingerprint density at radius 2 is 2.06 bits per heavy atom. The Hall–Kier alpha value is -2.55. The zero-order valence-corrected chi connectivity index (χ0v) is 20.1. The molecule has 5 heterocycles. The highest BCUT2D eigenvalue weighted by Gasteiger charge is 2.25. The monoisotopic (exact) mass is 481 g/mol. The van der Waals surface area contributed by atoms with Crippen LogP contribution in [-0.2, 0) is 19.4 Å². The van der Waals surface area contributed by atoms with Gasteiger partial charge in [0.05, 0.1) is 22.2 Å². The van der Waals surface area contributed by atoms with Crippen molar-refractivity contribution in [3.63, 3.8) is 0 Å². The topological polar surface area (TPSA) is 81.0 Å². The second kappa shape index (κ2) is 8.34. The van der Waals surface area contributed by atoms with Crippen LogP contribution in [0.3, 0.4) is 0 Å². The summed E-state index contributed by atoms with van der Waals surface area (Å²) < 4.78 is 1.35. The predicted molar refractivity (Wildman–Crippen MR) is 131 cm³/mol. The fourth-order valence-electron chi connectivity index (χ4n) is 4.92. The Morgan fingerprint density at radius 3 is 2.88 bits per heavy atom. The van der Waals surface area contributed by atoms with Crippen molar-refractivity contribution in [1.29, 1.82) is 0 Å². The zero-order chi connectivity index (χ0) is 22.5. The van der Waals surface area contributed by atoms with Gasteiger partial charge in [-0.25, -0.2) is 9.97 Å². The number of hydrogen-bond donors (Lipinski definition) is 3. The molecule has 1 fully saturated rings. The molecule has 9 heteroatoms. The van der Waals surface area contributed by atoms with E-state index in [9.17, 15) is 5.21 Å². The summed E-state index contributed by atoms with van der Waals surface area (Å²) in [5, 5.41) is 17.6. The third-order valence-corrected chi connectivity index (χ3v) is 7.90. The normalized spacial score (nSPS) is 16.1. The van der Waals surface area contributed by atoms with E-state index in [-0.39, 0.29) is 0 Å². The number of nitrogens with one attached hydrogen (secondary N) is 2. The summed E-state index contributed by atoms with van der Waals surface area (Å²) in [5.41, 5.74) is 4.71. The minimum absolute atomic E-state index is 0.677. The lowest BCUT2D eigenvalue weighted by atomic mass is 10.0. The first-order chi connectivity index (χ1) is 16.1. The van der Waals surface area contributed by atoms with Crippen molar-refractivity contribution in [1.82, 2.24) is 20.3 Å². The summed E-state index contributed by atoms with van der Waals surface area (Å²) >= 11 is 8.22. The van der Waals surface area contributed by atoms with E-state index in [1.165, 1.54) is 16.5 Å². The Labute approximate surface area is 201 Å². The third kappa shape index (κ3) is 3.61. The molecule has 4 aromatic rings. The number of fused-ring (bicyclic) bond motifs is 3. The maximum absolute atomic E-state index is 10.9. The lowest BCUT2D eigenvalue weighted by molar-refractivity contribution is -0.890. The van der Waals surface area contributed by atoms with Crippen LogP contribution in [0.4, 0.5) is 5.82 Å². The van der Waals surface area contributed by atoms with Gasteiger partial charge in [0.2, 0.25) is 5.69 Å². The molecule has 0 bridgehead atoms.